The Morgan fingerprint density at radius 2 is 0.990 bits per heavy atom. The van der Waals surface area contributed by atoms with Crippen LogP contribution in [0, 0.1) is 46.3 Å². The van der Waals surface area contributed by atoms with Crippen LogP contribution in [-0.2, 0) is 67.0 Å². The van der Waals surface area contributed by atoms with E-state index in [2.05, 4.69) is 28.1 Å². The second-order valence-corrected chi connectivity index (χ2v) is 32.9. The van der Waals surface area contributed by atoms with Crippen molar-refractivity contribution in [2.45, 2.75) is 225 Å². The number of hydrogen-bond acceptors (Lipinski definition) is 15. The van der Waals surface area contributed by atoms with Gasteiger partial charge in [0.25, 0.3) is 0 Å². The van der Waals surface area contributed by atoms with Crippen molar-refractivity contribution in [3.63, 3.8) is 0 Å². The summed E-state index contributed by atoms with van der Waals surface area (Å²) in [5.74, 6) is -8.00. The molecule has 4 fully saturated rings. The van der Waals surface area contributed by atoms with Gasteiger partial charge in [-0.25, -0.2) is 23.2 Å². The van der Waals surface area contributed by atoms with Crippen molar-refractivity contribution in [1.29, 1.82) is 0 Å². The Balaban J connectivity index is 0.000000308. The summed E-state index contributed by atoms with van der Waals surface area (Å²) < 4.78 is 209. The lowest BCUT2D eigenvalue weighted by atomic mass is 9.52. The van der Waals surface area contributed by atoms with E-state index in [4.69, 9.17) is 29.9 Å². The van der Waals surface area contributed by atoms with Crippen molar-refractivity contribution in [2.24, 2.45) is 46.3 Å². The second kappa shape index (κ2) is 34.6. The van der Waals surface area contributed by atoms with Crippen LogP contribution in [0.4, 0.5) is 53.5 Å². The van der Waals surface area contributed by atoms with Gasteiger partial charge in [0.05, 0.1) is 24.4 Å². The highest BCUT2D eigenvalue weighted by Crippen LogP contribution is 2.65. The van der Waals surface area contributed by atoms with E-state index in [1.165, 1.54) is 0 Å². The molecule has 6 aliphatic rings. The average Bonchev–Trinajstić information content (AvgIpc) is 1.45. The predicted octanol–water partition coefficient (Wildman–Crippen LogP) is 16.1. The van der Waals surface area contributed by atoms with Crippen molar-refractivity contribution in [3.8, 4) is 11.5 Å². The number of phosphoric ester groups is 2. The number of hydrogen-bond donors (Lipinski definition) is 5. The van der Waals surface area contributed by atoms with Crippen LogP contribution in [0.2, 0.25) is 0 Å². The molecule has 0 spiro atoms. The molecule has 0 bridgehead atoms. The van der Waals surface area contributed by atoms with Crippen LogP contribution in [0.5, 0.6) is 11.5 Å². The highest BCUT2D eigenvalue weighted by Gasteiger charge is 2.60. The Hall–Kier alpha value is -3.31. The highest BCUT2D eigenvalue weighted by molar-refractivity contribution is 7.85. The third kappa shape index (κ3) is 22.3. The van der Waals surface area contributed by atoms with Gasteiger partial charge in [-0.1, -0.05) is 45.0 Å². The number of fused-ring (bicyclic) bond motifs is 10. The molecular weight excluding hydrogens is 1400 g/mol. The lowest BCUT2D eigenvalue weighted by Gasteiger charge is -2.53. The van der Waals surface area contributed by atoms with Crippen LogP contribution >= 0.6 is 27.2 Å². The van der Waals surface area contributed by atoms with Gasteiger partial charge in [-0.15, -0.1) is 0 Å². The van der Waals surface area contributed by atoms with E-state index >= 15 is 0 Å². The molecule has 6 aliphatic carbocycles. The molecule has 0 saturated heterocycles. The molecule has 5 N–H and O–H groups in total. The molecule has 8 rings (SSSR count). The zero-order chi connectivity index (χ0) is 70.9. The molecule has 33 heteroatoms. The standard InChI is InChI=1S/C31H44F5O9PS.C26H36F5O6PS.C5H9ClO3.CH4/c1-19(2)44-28(38)42-18-43-46(39,40)45-22-7-8-23-21(17-22)16-20(27-24(23)11-13-29(3)25(27)9-10-26(29)37)6-4-14-47(41)15-5-12-30(32,33)31(34,35)36;1-24-11-9-20-19-6-5-18(37-38(33,34)35)15-17(19)14-16(23(20)21(24)7-8-22(24)32)4-2-12-39(36)13-3-10-25(27,28)26(29,30)31;1-4(2)9-5(7)8-3-6;/h7-8,17,19-20,24-27,37H,4-6,9-16,18H2,1-3H3,(H,39,40);5-6,15-16,20-23,32H,2-4,7-14H2,1H3,(H2,33,34,35);4H,3H2,1-2H3;1H4/t20-,24-,25+,26+,27-,29+,47?;16-,20-,21+,22+,23-,24+,39?;;/m11../s1. The van der Waals surface area contributed by atoms with Gasteiger partial charge < -0.3 is 38.2 Å². The number of ether oxygens (including phenoxy) is 4. The van der Waals surface area contributed by atoms with E-state index in [1.54, 1.807) is 52.0 Å². The van der Waals surface area contributed by atoms with Crippen molar-refractivity contribution >= 4 is 61.2 Å². The largest absolute Gasteiger partial charge is 0.530 e. The molecule has 0 heterocycles. The summed E-state index contributed by atoms with van der Waals surface area (Å²) in [5, 5.41) is 21.7. The maximum absolute atomic E-state index is 13.3. The van der Waals surface area contributed by atoms with Gasteiger partial charge in [0, 0.05) is 57.5 Å². The van der Waals surface area contributed by atoms with E-state index in [9.17, 15) is 95.9 Å². The molecule has 15 atom stereocenters. The zero-order valence-corrected chi connectivity index (χ0v) is 58.0. The maximum Gasteiger partial charge on any atom is 0.530 e. The normalized spacial score (nSPS) is 28.1. The Morgan fingerprint density at radius 1 is 0.604 bits per heavy atom. The van der Waals surface area contributed by atoms with Crippen molar-refractivity contribution in [3.05, 3.63) is 58.7 Å². The first-order chi connectivity index (χ1) is 44.0. The van der Waals surface area contributed by atoms with Gasteiger partial charge in [-0.05, 0) is 235 Å². The first kappa shape index (κ1) is 83.4. The Labute approximate surface area is 564 Å². The minimum atomic E-state index is -5.63. The topological polar surface area (TPSA) is 268 Å². The minimum absolute atomic E-state index is 0. The summed E-state index contributed by atoms with van der Waals surface area (Å²) in [7, 11) is -12.5. The predicted molar refractivity (Wildman–Crippen MR) is 339 cm³/mol. The quantitative estimate of drug-likeness (QED) is 0.0193. The van der Waals surface area contributed by atoms with Gasteiger partial charge in [0.15, 0.2) is 6.07 Å². The second-order valence-electron chi connectivity index (χ2n) is 26.7. The van der Waals surface area contributed by atoms with Gasteiger partial charge in [0.1, 0.15) is 11.5 Å². The number of aliphatic hydroxyl groups is 2. The molecular formula is C63H93ClF10O18P2S2. The number of aliphatic hydroxyl groups excluding tert-OH is 2. The van der Waals surface area contributed by atoms with E-state index in [0.29, 0.717) is 44.9 Å². The number of phosphoric acid groups is 2. The smallest absolute Gasteiger partial charge is 0.432 e. The van der Waals surface area contributed by atoms with Crippen molar-refractivity contribution in [2.75, 3.05) is 35.9 Å². The summed E-state index contributed by atoms with van der Waals surface area (Å²) in [6.45, 7) is 10.1. The molecule has 0 aliphatic heterocycles. The fraction of sp³-hybridized carbons (Fsp3) is 0.778. The van der Waals surface area contributed by atoms with Gasteiger partial charge in [-0.2, -0.15) is 43.9 Å². The van der Waals surface area contributed by atoms with E-state index in [1.807, 2.05) is 12.1 Å². The molecule has 0 aromatic heterocycles. The molecule has 18 nitrogen and oxygen atoms in total. The number of carbonyl (C=O) groups is 2. The maximum atomic E-state index is 13.3. The molecule has 96 heavy (non-hydrogen) atoms. The van der Waals surface area contributed by atoms with E-state index in [-0.39, 0.29) is 118 Å². The first-order valence-electron chi connectivity index (χ1n) is 31.9. The van der Waals surface area contributed by atoms with Crippen LogP contribution in [0.25, 0.3) is 0 Å². The van der Waals surface area contributed by atoms with Crippen molar-refractivity contribution in [1.82, 2.24) is 0 Å². The van der Waals surface area contributed by atoms with Crippen LogP contribution in [0.15, 0.2) is 36.4 Å². The number of carbonyl (C=O) groups excluding carboxylic acids is 2. The molecule has 0 amide bonds. The summed E-state index contributed by atoms with van der Waals surface area (Å²) >= 11 is 5.06. The fourth-order valence-corrected chi connectivity index (χ4v) is 18.9. The summed E-state index contributed by atoms with van der Waals surface area (Å²) in [4.78, 5) is 50.5. The van der Waals surface area contributed by atoms with Crippen LogP contribution in [0.3, 0.4) is 0 Å². The first-order valence-corrected chi connectivity index (χ1v) is 38.4. The van der Waals surface area contributed by atoms with Crippen LogP contribution in [0.1, 0.15) is 186 Å². The fourth-order valence-electron chi connectivity index (χ4n) is 15.5. The Bertz CT molecular complexity index is 3040. The highest BCUT2D eigenvalue weighted by atomic mass is 35.5. The van der Waals surface area contributed by atoms with E-state index < -0.39 is 118 Å². The Morgan fingerprint density at radius 3 is 1.36 bits per heavy atom. The zero-order valence-electron chi connectivity index (χ0n) is 53.8. The minimum Gasteiger partial charge on any atom is -0.432 e. The molecule has 2 aromatic rings. The van der Waals surface area contributed by atoms with Crippen LogP contribution < -0.4 is 9.05 Å². The number of halogens is 11. The molecule has 552 valence electrons. The van der Waals surface area contributed by atoms with Crippen molar-refractivity contribution < 1.29 is 128 Å². The van der Waals surface area contributed by atoms with Gasteiger partial charge in [0.2, 0.25) is 6.79 Å². The summed E-state index contributed by atoms with van der Waals surface area (Å²) in [6, 6.07) is 10.1. The molecule has 0 radical (unpaired) electrons. The number of benzene rings is 2. The van der Waals surface area contributed by atoms with Gasteiger partial charge >= 0.3 is 52.2 Å². The summed E-state index contributed by atoms with van der Waals surface area (Å²) in [6.07, 6.45) is -8.19. The molecule has 2 aromatic carbocycles. The van der Waals surface area contributed by atoms with Gasteiger partial charge in [-0.3, -0.25) is 23.1 Å². The molecule has 4 saturated carbocycles. The average molecular weight is 1490 g/mol. The van der Waals surface area contributed by atoms with E-state index in [0.717, 1.165) is 67.2 Å². The number of rotatable bonds is 26. The lowest BCUT2D eigenvalue weighted by Crippen LogP contribution is -2.47. The number of alkyl halides is 11. The summed E-state index contributed by atoms with van der Waals surface area (Å²) in [5.41, 5.74) is 3.61. The third-order valence-corrected chi connectivity index (χ3v) is 24.2. The Kier molecular flexibility index (Phi) is 30.0. The molecule has 3 unspecified atom stereocenters. The third-order valence-electron chi connectivity index (χ3n) is 19.8. The van der Waals surface area contributed by atoms with Crippen LogP contribution in [-0.4, -0.2) is 130 Å². The SMILES string of the molecule is C.CC(C)OC(=O)OCCl.CC(C)OC(=O)OCOP(=O)(O)Oc1ccc2c(c1)C[C@@H](CCCS(=O)CCCC(F)(F)C(F)(F)F)[C@@H]1[C@@H]2CC[C@]2(C)[C@@H](O)CC[C@@H]12.C[C@]12CC[C@@H]3c4ccc(OP(=O)(O)O)cc4C[C@@H](CCCS(=O)CCCC(F)(F)C(F)(F)F)[C@H]3[C@@H]1CC[C@@H]2O. The monoisotopic (exact) mass is 1490 g/mol. The lowest BCUT2D eigenvalue weighted by molar-refractivity contribution is -0.284.